The second-order valence-corrected chi connectivity index (χ2v) is 7.37. The van der Waals surface area contributed by atoms with Crippen LogP contribution >= 0.6 is 24.8 Å². The monoisotopic (exact) mass is 456 g/mol. The molecule has 0 aliphatic carbocycles. The van der Waals surface area contributed by atoms with Gasteiger partial charge in [-0.2, -0.15) is 4.68 Å². The number of rotatable bonds is 6. The quantitative estimate of drug-likeness (QED) is 0.674. The molecule has 2 aliphatic heterocycles. The van der Waals surface area contributed by atoms with E-state index >= 15 is 0 Å². The van der Waals surface area contributed by atoms with E-state index in [1.165, 1.54) is 0 Å². The predicted molar refractivity (Wildman–Crippen MR) is 121 cm³/mol. The number of nitrogens with one attached hydrogen (secondary N) is 2. The highest BCUT2D eigenvalue weighted by Crippen LogP contribution is 2.19. The number of carbonyl (C=O) groups excluding carboxylic acids is 1. The van der Waals surface area contributed by atoms with Crippen LogP contribution in [0, 0.1) is 0 Å². The number of halogens is 2. The second kappa shape index (κ2) is 11.5. The molecule has 3 heterocycles. The van der Waals surface area contributed by atoms with Crippen molar-refractivity contribution in [3.8, 4) is 5.69 Å². The first kappa shape index (κ1) is 24.3. The molecule has 2 atom stereocenters. The molecule has 2 unspecified atom stereocenters. The van der Waals surface area contributed by atoms with Crippen LogP contribution in [-0.2, 0) is 4.79 Å². The van der Waals surface area contributed by atoms with Crippen LogP contribution in [0.25, 0.3) is 5.69 Å². The molecule has 1 amide bonds. The van der Waals surface area contributed by atoms with Crippen molar-refractivity contribution >= 4 is 36.7 Å². The lowest BCUT2D eigenvalue weighted by Crippen LogP contribution is -2.50. The summed E-state index contributed by atoms with van der Waals surface area (Å²) in [5.74, 6) is 0.618. The van der Waals surface area contributed by atoms with Crippen molar-refractivity contribution in [3.63, 3.8) is 0 Å². The molecule has 2 N–H and O–H groups in total. The number of amides is 1. The molecule has 9 nitrogen and oxygen atoms in total. The van der Waals surface area contributed by atoms with E-state index in [1.807, 2.05) is 42.2 Å². The molecule has 11 heteroatoms. The van der Waals surface area contributed by atoms with Crippen molar-refractivity contribution in [3.05, 3.63) is 30.3 Å². The Bertz CT molecular complexity index is 784. The second-order valence-electron chi connectivity index (χ2n) is 7.37. The lowest BCUT2D eigenvalue weighted by molar-refractivity contribution is -0.131. The van der Waals surface area contributed by atoms with Gasteiger partial charge in [0.25, 0.3) is 0 Å². The van der Waals surface area contributed by atoms with Crippen LogP contribution in [-0.4, -0.2) is 87.3 Å². The predicted octanol–water partition coefficient (Wildman–Crippen LogP) is 1.20. The number of carbonyl (C=O) groups is 1. The van der Waals surface area contributed by atoms with E-state index < -0.39 is 0 Å². The first-order chi connectivity index (χ1) is 13.8. The van der Waals surface area contributed by atoms with Crippen molar-refractivity contribution in [1.82, 2.24) is 35.3 Å². The maximum atomic E-state index is 13.1. The summed E-state index contributed by atoms with van der Waals surface area (Å²) in [5.41, 5.74) is 0.859. The van der Waals surface area contributed by atoms with Crippen LogP contribution in [0.3, 0.4) is 0 Å². The van der Waals surface area contributed by atoms with Gasteiger partial charge in [0.1, 0.15) is 6.04 Å². The molecule has 2 saturated heterocycles. The van der Waals surface area contributed by atoms with Crippen molar-refractivity contribution in [2.75, 3.05) is 44.6 Å². The number of aromatic nitrogens is 4. The summed E-state index contributed by atoms with van der Waals surface area (Å²) in [6.07, 6.45) is 1.72. The van der Waals surface area contributed by atoms with Gasteiger partial charge >= 0.3 is 0 Å². The Morgan fingerprint density at radius 1 is 1.20 bits per heavy atom. The van der Waals surface area contributed by atoms with Crippen molar-refractivity contribution < 1.29 is 4.79 Å². The van der Waals surface area contributed by atoms with Gasteiger partial charge in [-0.15, -0.1) is 24.8 Å². The van der Waals surface area contributed by atoms with Gasteiger partial charge in [-0.3, -0.25) is 9.69 Å². The van der Waals surface area contributed by atoms with Crippen LogP contribution in [0.15, 0.2) is 30.3 Å². The molecule has 0 radical (unpaired) electrons. The molecule has 4 rings (SSSR count). The lowest BCUT2D eigenvalue weighted by atomic mass is 10.2. The summed E-state index contributed by atoms with van der Waals surface area (Å²) in [6, 6.07) is 9.81. The Kier molecular flexibility index (Phi) is 9.29. The van der Waals surface area contributed by atoms with Crippen LogP contribution in [0.4, 0.5) is 5.95 Å². The highest BCUT2D eigenvalue weighted by Gasteiger charge is 2.33. The maximum absolute atomic E-state index is 13.1. The van der Waals surface area contributed by atoms with Crippen LogP contribution in [0.5, 0.6) is 0 Å². The molecule has 0 saturated carbocycles. The third kappa shape index (κ3) is 5.40. The van der Waals surface area contributed by atoms with Crippen LogP contribution in [0.1, 0.15) is 19.8 Å². The number of piperazine rings is 1. The highest BCUT2D eigenvalue weighted by molar-refractivity contribution is 5.86. The minimum Gasteiger partial charge on any atom is -0.341 e. The Labute approximate surface area is 189 Å². The third-order valence-electron chi connectivity index (χ3n) is 5.62. The zero-order valence-electron chi connectivity index (χ0n) is 17.1. The molecular weight excluding hydrogens is 427 g/mol. The van der Waals surface area contributed by atoms with E-state index in [-0.39, 0.29) is 36.8 Å². The Hall–Kier alpha value is -1.94. The Morgan fingerprint density at radius 3 is 2.63 bits per heavy atom. The van der Waals surface area contributed by atoms with E-state index in [9.17, 15) is 4.79 Å². The SMILES string of the molecule is CCC(Nc1nnnn1-c1ccccc1)C(=O)N1CCC(N2CCNCC2)C1.Cl.Cl. The van der Waals surface area contributed by atoms with E-state index in [0.717, 1.165) is 51.4 Å². The average molecular weight is 457 g/mol. The fraction of sp³-hybridized carbons (Fsp3) is 0.579. The molecule has 2 fully saturated rings. The summed E-state index contributed by atoms with van der Waals surface area (Å²) < 4.78 is 1.63. The number of para-hydroxylation sites is 1. The van der Waals surface area contributed by atoms with Gasteiger partial charge in [-0.05, 0) is 35.4 Å². The molecule has 166 valence electrons. The molecular formula is C19H30Cl2N8O. The molecule has 1 aromatic heterocycles. The number of benzene rings is 1. The van der Waals surface area contributed by atoms with Gasteiger partial charge < -0.3 is 15.5 Å². The van der Waals surface area contributed by atoms with Crippen LogP contribution in [0.2, 0.25) is 0 Å². The Morgan fingerprint density at radius 2 is 1.93 bits per heavy atom. The summed E-state index contributed by atoms with van der Waals surface area (Å²) in [5, 5.41) is 18.6. The van der Waals surface area contributed by atoms with Gasteiger partial charge in [0, 0.05) is 45.3 Å². The largest absolute Gasteiger partial charge is 0.341 e. The lowest BCUT2D eigenvalue weighted by Gasteiger charge is -2.32. The molecule has 0 spiro atoms. The average Bonchev–Trinajstić information content (AvgIpc) is 3.42. The van der Waals surface area contributed by atoms with Crippen molar-refractivity contribution in [2.24, 2.45) is 0 Å². The van der Waals surface area contributed by atoms with Crippen LogP contribution < -0.4 is 10.6 Å². The molecule has 30 heavy (non-hydrogen) atoms. The zero-order chi connectivity index (χ0) is 19.3. The summed E-state index contributed by atoms with van der Waals surface area (Å²) in [4.78, 5) is 17.6. The number of anilines is 1. The normalized spacial score (nSPS) is 20.2. The summed E-state index contributed by atoms with van der Waals surface area (Å²) in [7, 11) is 0. The minimum atomic E-state index is -0.338. The minimum absolute atomic E-state index is 0. The molecule has 1 aromatic carbocycles. The topological polar surface area (TPSA) is 91.2 Å². The van der Waals surface area contributed by atoms with Gasteiger partial charge in [0.2, 0.25) is 11.9 Å². The smallest absolute Gasteiger partial charge is 0.248 e. The standard InChI is InChI=1S/C19H28N8O.2ClH/c1-2-17(21-19-22-23-24-27(19)15-6-4-3-5-7-15)18(28)26-11-8-16(14-26)25-12-9-20-10-13-25;;/h3-7,16-17,20H,2,8-14H2,1H3,(H,21,22,24);2*1H. The third-order valence-corrected chi connectivity index (χ3v) is 5.62. The number of hydrogen-bond acceptors (Lipinski definition) is 7. The fourth-order valence-electron chi connectivity index (χ4n) is 4.02. The van der Waals surface area contributed by atoms with E-state index in [4.69, 9.17) is 0 Å². The zero-order valence-corrected chi connectivity index (χ0v) is 18.7. The Balaban J connectivity index is 0.00000160. The van der Waals surface area contributed by atoms with Gasteiger partial charge in [-0.25, -0.2) is 0 Å². The van der Waals surface area contributed by atoms with E-state index in [0.29, 0.717) is 18.4 Å². The van der Waals surface area contributed by atoms with Gasteiger partial charge in [0.05, 0.1) is 5.69 Å². The first-order valence-corrected chi connectivity index (χ1v) is 10.1. The van der Waals surface area contributed by atoms with Crippen molar-refractivity contribution in [1.29, 1.82) is 0 Å². The summed E-state index contributed by atoms with van der Waals surface area (Å²) in [6.45, 7) is 7.82. The van der Waals surface area contributed by atoms with E-state index in [1.54, 1.807) is 4.68 Å². The van der Waals surface area contributed by atoms with Crippen molar-refractivity contribution in [2.45, 2.75) is 31.8 Å². The van der Waals surface area contributed by atoms with E-state index in [2.05, 4.69) is 31.1 Å². The molecule has 0 bridgehead atoms. The first-order valence-electron chi connectivity index (χ1n) is 10.1. The maximum Gasteiger partial charge on any atom is 0.248 e. The highest BCUT2D eigenvalue weighted by atomic mass is 35.5. The molecule has 2 aromatic rings. The number of nitrogens with zero attached hydrogens (tertiary/aromatic N) is 6. The fourth-order valence-corrected chi connectivity index (χ4v) is 4.02. The number of tetrazole rings is 1. The number of likely N-dealkylation sites (tertiary alicyclic amines) is 1. The van der Waals surface area contributed by atoms with Gasteiger partial charge in [-0.1, -0.05) is 30.2 Å². The summed E-state index contributed by atoms with van der Waals surface area (Å²) >= 11 is 0. The van der Waals surface area contributed by atoms with Gasteiger partial charge in [0.15, 0.2) is 0 Å². The molecule has 2 aliphatic rings. The number of hydrogen-bond donors (Lipinski definition) is 2.